The van der Waals surface area contributed by atoms with Gasteiger partial charge in [-0.25, -0.2) is 14.0 Å². The summed E-state index contributed by atoms with van der Waals surface area (Å²) in [6.45, 7) is 6.79. The van der Waals surface area contributed by atoms with E-state index in [1.54, 1.807) is 39.8 Å². The Labute approximate surface area is 219 Å². The van der Waals surface area contributed by atoms with E-state index in [0.29, 0.717) is 18.4 Å². The van der Waals surface area contributed by atoms with Gasteiger partial charge in [0.15, 0.2) is 6.04 Å². The van der Waals surface area contributed by atoms with Gasteiger partial charge < -0.3 is 19.5 Å². The van der Waals surface area contributed by atoms with E-state index < -0.39 is 41.5 Å². The molecule has 2 aromatic carbocycles. The van der Waals surface area contributed by atoms with Crippen molar-refractivity contribution >= 4 is 12.1 Å². The molecule has 1 heterocycles. The largest absolute Gasteiger partial charge is 0.461 e. The average molecular weight is 540 g/mol. The number of ether oxygens (including phenoxy) is 3. The van der Waals surface area contributed by atoms with Gasteiger partial charge in [-0.05, 0) is 81.8 Å². The molecule has 0 bridgehead atoms. The second-order valence-corrected chi connectivity index (χ2v) is 10.5. The molecule has 1 amide bonds. The number of amides is 1. The fourth-order valence-electron chi connectivity index (χ4n) is 4.38. The quantitative estimate of drug-likeness (QED) is 0.389. The van der Waals surface area contributed by atoms with Gasteiger partial charge >= 0.3 is 18.2 Å². The summed E-state index contributed by atoms with van der Waals surface area (Å²) in [5, 5.41) is 2.49. The summed E-state index contributed by atoms with van der Waals surface area (Å²) in [6, 6.07) is 9.76. The maximum atomic E-state index is 13.5. The number of alkyl halides is 3. The van der Waals surface area contributed by atoms with Crippen molar-refractivity contribution in [3.05, 3.63) is 71.0 Å². The molecule has 1 N–H and O–H groups in total. The van der Waals surface area contributed by atoms with E-state index >= 15 is 0 Å². The fraction of sp³-hybridized carbons (Fsp3) is 0.500. The third kappa shape index (κ3) is 8.72. The third-order valence-electron chi connectivity index (χ3n) is 6.27. The van der Waals surface area contributed by atoms with Crippen molar-refractivity contribution in [2.75, 3.05) is 13.2 Å². The van der Waals surface area contributed by atoms with Gasteiger partial charge in [-0.3, -0.25) is 0 Å². The molecule has 0 aliphatic carbocycles. The minimum Gasteiger partial charge on any atom is -0.461 e. The molecule has 0 spiro atoms. The van der Waals surface area contributed by atoms with Crippen molar-refractivity contribution in [2.45, 2.75) is 64.5 Å². The van der Waals surface area contributed by atoms with Gasteiger partial charge in [-0.1, -0.05) is 24.3 Å². The predicted octanol–water partition coefficient (Wildman–Crippen LogP) is 5.72. The van der Waals surface area contributed by atoms with Crippen LogP contribution < -0.4 is 5.32 Å². The molecule has 0 radical (unpaired) electrons. The molecular formula is C28H33F4NO5. The maximum absolute atomic E-state index is 13.5. The van der Waals surface area contributed by atoms with Crippen LogP contribution in [0.25, 0.3) is 0 Å². The summed E-state index contributed by atoms with van der Waals surface area (Å²) in [4.78, 5) is 25.2. The Morgan fingerprint density at radius 1 is 0.974 bits per heavy atom. The van der Waals surface area contributed by atoms with Gasteiger partial charge in [0, 0.05) is 5.92 Å². The fourth-order valence-corrected chi connectivity index (χ4v) is 4.38. The molecule has 4 atom stereocenters. The number of halogens is 4. The minimum atomic E-state index is -4.44. The molecule has 1 fully saturated rings. The molecular weight excluding hydrogens is 506 g/mol. The molecule has 38 heavy (non-hydrogen) atoms. The standard InChI is InChI=1S/C28H33F4NO5/c1-17-23(14-19-7-11-22(29)12-8-19)20(13-18-5-9-21(10-6-18)28(30,31)32)15-36-16-24(25(34)37-17)33-26(35)38-27(2,3)4/h5-12,17,20,23-24H,13-16H2,1-4H3,(H,33,35)/t17-,20-,23-,24-/m0/s1. The number of alkyl carbamates (subject to hydrolysis) is 1. The number of esters is 1. The Morgan fingerprint density at radius 2 is 1.55 bits per heavy atom. The van der Waals surface area contributed by atoms with E-state index in [0.717, 1.165) is 17.7 Å². The van der Waals surface area contributed by atoms with E-state index in [1.807, 2.05) is 0 Å². The van der Waals surface area contributed by atoms with Crippen LogP contribution in [0.4, 0.5) is 22.4 Å². The monoisotopic (exact) mass is 539 g/mol. The van der Waals surface area contributed by atoms with E-state index in [1.165, 1.54) is 24.3 Å². The maximum Gasteiger partial charge on any atom is 0.416 e. The van der Waals surface area contributed by atoms with E-state index in [2.05, 4.69) is 5.32 Å². The predicted molar refractivity (Wildman–Crippen MR) is 132 cm³/mol. The van der Waals surface area contributed by atoms with Crippen LogP contribution in [0.1, 0.15) is 44.4 Å². The normalized spacial score (nSPS) is 23.0. The molecule has 0 aromatic heterocycles. The van der Waals surface area contributed by atoms with Crippen molar-refractivity contribution < 1.29 is 41.4 Å². The zero-order valence-corrected chi connectivity index (χ0v) is 21.8. The Morgan fingerprint density at radius 3 is 2.13 bits per heavy atom. The van der Waals surface area contributed by atoms with Crippen molar-refractivity contribution in [3.63, 3.8) is 0 Å². The smallest absolute Gasteiger partial charge is 0.416 e. The van der Waals surface area contributed by atoms with E-state index in [9.17, 15) is 27.2 Å². The Kier molecular flexibility index (Phi) is 9.40. The van der Waals surface area contributed by atoms with Gasteiger partial charge in [0.1, 0.15) is 17.5 Å². The second-order valence-electron chi connectivity index (χ2n) is 10.5. The number of hydrogen-bond acceptors (Lipinski definition) is 5. The zero-order valence-electron chi connectivity index (χ0n) is 21.8. The van der Waals surface area contributed by atoms with Gasteiger partial charge in [0.2, 0.25) is 0 Å². The van der Waals surface area contributed by atoms with Gasteiger partial charge in [-0.15, -0.1) is 0 Å². The summed E-state index contributed by atoms with van der Waals surface area (Å²) in [5.41, 5.74) is -0.0438. The second kappa shape index (κ2) is 12.1. The number of cyclic esters (lactones) is 1. The summed E-state index contributed by atoms with van der Waals surface area (Å²) < 4.78 is 69.4. The van der Waals surface area contributed by atoms with Crippen LogP contribution in [0.5, 0.6) is 0 Å². The van der Waals surface area contributed by atoms with E-state index in [-0.39, 0.29) is 30.9 Å². The Balaban J connectivity index is 1.84. The third-order valence-corrected chi connectivity index (χ3v) is 6.27. The number of hydrogen-bond donors (Lipinski definition) is 1. The first-order valence-corrected chi connectivity index (χ1v) is 12.4. The number of carbonyl (C=O) groups excluding carboxylic acids is 2. The molecule has 3 rings (SSSR count). The minimum absolute atomic E-state index is 0.153. The highest BCUT2D eigenvalue weighted by Crippen LogP contribution is 2.32. The topological polar surface area (TPSA) is 73.9 Å². The Hall–Kier alpha value is -3.14. The number of benzene rings is 2. The van der Waals surface area contributed by atoms with Crippen molar-refractivity contribution in [1.82, 2.24) is 5.32 Å². The lowest BCUT2D eigenvalue weighted by molar-refractivity contribution is -0.154. The molecule has 0 unspecified atom stereocenters. The highest BCUT2D eigenvalue weighted by Gasteiger charge is 2.36. The Bertz CT molecular complexity index is 1080. The first kappa shape index (κ1) is 29.4. The highest BCUT2D eigenvalue weighted by molar-refractivity contribution is 5.81. The molecule has 1 aliphatic rings. The van der Waals surface area contributed by atoms with Crippen LogP contribution in [-0.2, 0) is 38.0 Å². The number of carbonyl (C=O) groups is 2. The highest BCUT2D eigenvalue weighted by atomic mass is 19.4. The molecule has 1 saturated heterocycles. The summed E-state index contributed by atoms with van der Waals surface area (Å²) in [5.74, 6) is -1.65. The van der Waals surface area contributed by atoms with Crippen LogP contribution in [0, 0.1) is 17.7 Å². The van der Waals surface area contributed by atoms with Gasteiger partial charge in [0.25, 0.3) is 0 Å². The first-order chi connectivity index (χ1) is 17.7. The van der Waals surface area contributed by atoms with Crippen molar-refractivity contribution in [1.29, 1.82) is 0 Å². The van der Waals surface area contributed by atoms with Crippen molar-refractivity contribution in [2.24, 2.45) is 11.8 Å². The first-order valence-electron chi connectivity index (χ1n) is 12.4. The lowest BCUT2D eigenvalue weighted by Gasteiger charge is -2.31. The van der Waals surface area contributed by atoms with Crippen LogP contribution in [0.15, 0.2) is 48.5 Å². The van der Waals surface area contributed by atoms with Crippen molar-refractivity contribution in [3.8, 4) is 0 Å². The zero-order chi connectivity index (χ0) is 28.1. The molecule has 2 aromatic rings. The number of rotatable bonds is 5. The average Bonchev–Trinajstić information content (AvgIpc) is 2.85. The molecule has 208 valence electrons. The van der Waals surface area contributed by atoms with Crippen LogP contribution in [0.2, 0.25) is 0 Å². The summed E-state index contributed by atoms with van der Waals surface area (Å²) in [6.07, 6.45) is -5.11. The lowest BCUT2D eigenvalue weighted by atomic mass is 9.80. The van der Waals surface area contributed by atoms with Gasteiger partial charge in [0.05, 0.1) is 18.8 Å². The van der Waals surface area contributed by atoms with E-state index in [4.69, 9.17) is 14.2 Å². The number of nitrogens with one attached hydrogen (secondary N) is 1. The van der Waals surface area contributed by atoms with Crippen LogP contribution in [0.3, 0.4) is 0 Å². The summed E-state index contributed by atoms with van der Waals surface area (Å²) >= 11 is 0. The lowest BCUT2D eigenvalue weighted by Crippen LogP contribution is -2.47. The van der Waals surface area contributed by atoms with Gasteiger partial charge in [-0.2, -0.15) is 13.2 Å². The SMILES string of the molecule is C[C@@H]1OC(=O)[C@@H](NC(=O)OC(C)(C)C)COC[C@H](Cc2ccc(C(F)(F)F)cc2)[C@H]1Cc1ccc(F)cc1. The van der Waals surface area contributed by atoms with Crippen LogP contribution in [-0.4, -0.2) is 43.0 Å². The molecule has 6 nitrogen and oxygen atoms in total. The molecule has 10 heteroatoms. The molecule has 1 aliphatic heterocycles. The summed E-state index contributed by atoms with van der Waals surface area (Å²) in [7, 11) is 0. The molecule has 0 saturated carbocycles. The van der Waals surface area contributed by atoms with Crippen LogP contribution >= 0.6 is 0 Å².